The lowest BCUT2D eigenvalue weighted by atomic mass is 10.0. The van der Waals surface area contributed by atoms with Gasteiger partial charge in [-0.25, -0.2) is 0 Å². The van der Waals surface area contributed by atoms with Crippen molar-refractivity contribution in [1.29, 1.82) is 5.26 Å². The van der Waals surface area contributed by atoms with Crippen LogP contribution < -0.4 is 14.2 Å². The highest BCUT2D eigenvalue weighted by Gasteiger charge is 2.25. The number of rotatable bonds is 8. The largest absolute Gasteiger partial charge is 0.493 e. The number of nitriles is 1. The van der Waals surface area contributed by atoms with E-state index in [1.165, 1.54) is 0 Å². The van der Waals surface area contributed by atoms with Crippen molar-refractivity contribution < 1.29 is 14.2 Å². The van der Waals surface area contributed by atoms with Crippen LogP contribution in [0.2, 0.25) is 10.0 Å². The normalized spacial score (nSPS) is 15.2. The van der Waals surface area contributed by atoms with Gasteiger partial charge in [-0.2, -0.15) is 10.4 Å². The topological polar surface area (TPSA) is 96.3 Å². The summed E-state index contributed by atoms with van der Waals surface area (Å²) >= 11 is 12.7. The number of pyridine rings is 1. The van der Waals surface area contributed by atoms with Gasteiger partial charge in [-0.3, -0.25) is 10.1 Å². The molecule has 1 aliphatic heterocycles. The Hall–Kier alpha value is -3.51. The van der Waals surface area contributed by atoms with Crippen molar-refractivity contribution in [3.05, 3.63) is 63.9 Å². The predicted molar refractivity (Wildman–Crippen MR) is 156 cm³/mol. The standard InChI is InChI=1S/C30H31Cl2N5O3/c1-17(2)37-9-7-21(8-10-37)40-30-20(14-33)11-19(12-27(30)38-4)29-23-13-22(5-6-26(23)35-36-29)39-18(3)28-24(31)15-34-16-25(28)32/h5-6,11-13,15-18,21H,7-10H2,1-4H3,(H,35,36)/t18-/m1/s1. The first-order valence-electron chi connectivity index (χ1n) is 13.3. The summed E-state index contributed by atoms with van der Waals surface area (Å²) in [6, 6.07) is 12.1. The molecular formula is C30H31Cl2N5O3. The molecule has 0 spiro atoms. The molecule has 3 heterocycles. The third kappa shape index (κ3) is 5.68. The fourth-order valence-corrected chi connectivity index (χ4v) is 5.80. The maximum absolute atomic E-state index is 10.0. The molecule has 1 saturated heterocycles. The number of nitrogens with zero attached hydrogens (tertiary/aromatic N) is 4. The second-order valence-electron chi connectivity index (χ2n) is 10.2. The fraction of sp³-hybridized carbons (Fsp3) is 0.367. The average molecular weight is 581 g/mol. The molecule has 40 heavy (non-hydrogen) atoms. The molecule has 1 fully saturated rings. The average Bonchev–Trinajstić information content (AvgIpc) is 3.36. The van der Waals surface area contributed by atoms with Crippen LogP contribution in [0.4, 0.5) is 0 Å². The summed E-state index contributed by atoms with van der Waals surface area (Å²) in [6.07, 6.45) is 4.50. The second-order valence-corrected chi connectivity index (χ2v) is 11.0. The van der Waals surface area contributed by atoms with E-state index in [4.69, 9.17) is 37.4 Å². The van der Waals surface area contributed by atoms with Crippen LogP contribution >= 0.6 is 23.2 Å². The van der Waals surface area contributed by atoms with Gasteiger partial charge in [0.2, 0.25) is 0 Å². The zero-order valence-electron chi connectivity index (χ0n) is 22.9. The van der Waals surface area contributed by atoms with E-state index >= 15 is 0 Å². The van der Waals surface area contributed by atoms with Crippen LogP contribution in [0.3, 0.4) is 0 Å². The molecule has 2 aromatic carbocycles. The van der Waals surface area contributed by atoms with Crippen molar-refractivity contribution in [3.8, 4) is 34.6 Å². The quantitative estimate of drug-likeness (QED) is 0.235. The van der Waals surface area contributed by atoms with E-state index in [0.717, 1.165) is 42.4 Å². The molecule has 5 rings (SSSR count). The molecule has 1 N–H and O–H groups in total. The van der Waals surface area contributed by atoms with E-state index in [0.29, 0.717) is 50.2 Å². The molecule has 208 valence electrons. The number of aromatic nitrogens is 3. The van der Waals surface area contributed by atoms with Crippen LogP contribution in [-0.2, 0) is 0 Å². The SMILES string of the molecule is COc1cc(-c2n[nH]c3ccc(O[C@H](C)c4c(Cl)cncc4Cl)cc23)cc(C#N)c1OC1CCN(C(C)C)CC1. The zero-order chi connectivity index (χ0) is 28.4. The number of fused-ring (bicyclic) bond motifs is 1. The number of halogens is 2. The van der Waals surface area contributed by atoms with Gasteiger partial charge in [0.15, 0.2) is 11.5 Å². The number of ether oxygens (including phenoxy) is 3. The summed E-state index contributed by atoms with van der Waals surface area (Å²) < 4.78 is 18.3. The Kier molecular flexibility index (Phi) is 8.36. The first kappa shape index (κ1) is 28.0. The first-order valence-corrected chi connectivity index (χ1v) is 14.0. The van der Waals surface area contributed by atoms with Gasteiger partial charge in [0.25, 0.3) is 0 Å². The Labute approximate surface area is 243 Å². The van der Waals surface area contributed by atoms with Crippen LogP contribution in [-0.4, -0.2) is 52.4 Å². The Morgan fingerprint density at radius 2 is 1.80 bits per heavy atom. The molecule has 0 saturated carbocycles. The molecule has 8 nitrogen and oxygen atoms in total. The van der Waals surface area contributed by atoms with Crippen molar-refractivity contribution in [3.63, 3.8) is 0 Å². The minimum atomic E-state index is -0.412. The van der Waals surface area contributed by atoms with E-state index < -0.39 is 6.10 Å². The maximum Gasteiger partial charge on any atom is 0.179 e. The van der Waals surface area contributed by atoms with Gasteiger partial charge in [-0.1, -0.05) is 23.2 Å². The van der Waals surface area contributed by atoms with Crippen LogP contribution in [0.1, 0.15) is 50.8 Å². The van der Waals surface area contributed by atoms with E-state index in [9.17, 15) is 5.26 Å². The minimum Gasteiger partial charge on any atom is -0.493 e. The van der Waals surface area contributed by atoms with Gasteiger partial charge in [0, 0.05) is 48.0 Å². The molecular weight excluding hydrogens is 549 g/mol. The van der Waals surface area contributed by atoms with Crippen molar-refractivity contribution in [2.45, 2.75) is 51.9 Å². The molecule has 0 amide bonds. The predicted octanol–water partition coefficient (Wildman–Crippen LogP) is 7.20. The van der Waals surface area contributed by atoms with Crippen molar-refractivity contribution in [2.75, 3.05) is 20.2 Å². The third-order valence-corrected chi connectivity index (χ3v) is 7.91. The molecule has 0 bridgehead atoms. The summed E-state index contributed by atoms with van der Waals surface area (Å²) in [7, 11) is 1.58. The van der Waals surface area contributed by atoms with Crippen LogP contribution in [0.15, 0.2) is 42.7 Å². The number of benzene rings is 2. The fourth-order valence-electron chi connectivity index (χ4n) is 5.13. The lowest BCUT2D eigenvalue weighted by molar-refractivity contribution is 0.0821. The van der Waals surface area contributed by atoms with Gasteiger partial charge >= 0.3 is 0 Å². The summed E-state index contributed by atoms with van der Waals surface area (Å²) in [5.74, 6) is 1.59. The molecule has 1 atom stereocenters. The summed E-state index contributed by atoms with van der Waals surface area (Å²) in [6.45, 7) is 8.22. The van der Waals surface area contributed by atoms with Crippen LogP contribution in [0.25, 0.3) is 22.2 Å². The molecule has 10 heteroatoms. The number of piperidine rings is 1. The van der Waals surface area contributed by atoms with Crippen molar-refractivity contribution in [2.24, 2.45) is 0 Å². The van der Waals surface area contributed by atoms with Gasteiger partial charge in [-0.05, 0) is 63.9 Å². The summed E-state index contributed by atoms with van der Waals surface area (Å²) in [5.41, 5.74) is 3.29. The number of H-pyrrole nitrogens is 1. The second kappa shape index (κ2) is 11.9. The number of nitrogens with one attached hydrogen (secondary N) is 1. The van der Waals surface area contributed by atoms with Gasteiger partial charge in [0.05, 0.1) is 28.2 Å². The van der Waals surface area contributed by atoms with Crippen molar-refractivity contribution in [1.82, 2.24) is 20.1 Å². The maximum atomic E-state index is 10.0. The Balaban J connectivity index is 1.44. The van der Waals surface area contributed by atoms with Crippen LogP contribution in [0.5, 0.6) is 17.2 Å². The lowest BCUT2D eigenvalue weighted by Gasteiger charge is -2.34. The number of aromatic amines is 1. The highest BCUT2D eigenvalue weighted by atomic mass is 35.5. The van der Waals surface area contributed by atoms with Gasteiger partial charge in [-0.15, -0.1) is 0 Å². The summed E-state index contributed by atoms with van der Waals surface area (Å²) in [5, 5.41) is 19.4. The molecule has 0 aliphatic carbocycles. The molecule has 0 radical (unpaired) electrons. The molecule has 4 aromatic rings. The monoisotopic (exact) mass is 579 g/mol. The van der Waals surface area contributed by atoms with E-state index in [2.05, 4.69) is 40.0 Å². The number of methoxy groups -OCH3 is 1. The number of likely N-dealkylation sites (tertiary alicyclic amines) is 1. The number of hydrogen-bond acceptors (Lipinski definition) is 7. The van der Waals surface area contributed by atoms with Crippen LogP contribution in [0, 0.1) is 11.3 Å². The first-order chi connectivity index (χ1) is 19.3. The number of hydrogen-bond donors (Lipinski definition) is 1. The Morgan fingerprint density at radius 1 is 1.07 bits per heavy atom. The molecule has 0 unspecified atom stereocenters. The lowest BCUT2D eigenvalue weighted by Crippen LogP contribution is -2.41. The zero-order valence-corrected chi connectivity index (χ0v) is 24.4. The Morgan fingerprint density at radius 3 is 2.45 bits per heavy atom. The van der Waals surface area contributed by atoms with Gasteiger partial charge < -0.3 is 19.1 Å². The molecule has 1 aliphatic rings. The highest BCUT2D eigenvalue weighted by Crippen LogP contribution is 2.40. The minimum absolute atomic E-state index is 0.0252. The van der Waals surface area contributed by atoms with E-state index in [-0.39, 0.29) is 6.10 Å². The third-order valence-electron chi connectivity index (χ3n) is 7.30. The molecule has 2 aromatic heterocycles. The smallest absolute Gasteiger partial charge is 0.179 e. The summed E-state index contributed by atoms with van der Waals surface area (Å²) in [4.78, 5) is 6.45. The van der Waals surface area contributed by atoms with E-state index in [1.807, 2.05) is 31.2 Å². The van der Waals surface area contributed by atoms with Crippen molar-refractivity contribution >= 4 is 34.1 Å². The Bertz CT molecular complexity index is 1540. The van der Waals surface area contributed by atoms with Gasteiger partial charge in [0.1, 0.15) is 29.7 Å². The highest BCUT2D eigenvalue weighted by molar-refractivity contribution is 6.35. The van der Waals surface area contributed by atoms with E-state index in [1.54, 1.807) is 25.6 Å².